The van der Waals surface area contributed by atoms with Crippen LogP contribution in [0.5, 0.6) is 0 Å². The zero-order valence-corrected chi connectivity index (χ0v) is 31.6. The summed E-state index contributed by atoms with van der Waals surface area (Å²) >= 11 is 0. The average molecular weight is 769 g/mol. The number of fused-ring (bicyclic) bond motifs is 2. The van der Waals surface area contributed by atoms with E-state index in [9.17, 15) is 16.8 Å². The molecule has 0 saturated heterocycles. The maximum atomic E-state index is 12.8. The van der Waals surface area contributed by atoms with Crippen LogP contribution >= 0.6 is 0 Å². The summed E-state index contributed by atoms with van der Waals surface area (Å²) in [5, 5.41) is 18.3. The summed E-state index contributed by atoms with van der Waals surface area (Å²) in [6.45, 7) is 2.31. The van der Waals surface area contributed by atoms with Gasteiger partial charge in [0.25, 0.3) is 0 Å². The van der Waals surface area contributed by atoms with Gasteiger partial charge in [0.1, 0.15) is 5.84 Å². The van der Waals surface area contributed by atoms with Crippen molar-refractivity contribution in [2.24, 2.45) is 11.5 Å². The number of benzene rings is 4. The molecule has 6 N–H and O–H groups in total. The van der Waals surface area contributed by atoms with E-state index in [1.807, 2.05) is 36.4 Å². The Kier molecular flexibility index (Phi) is 14.7. The molecule has 1 heterocycles. The van der Waals surface area contributed by atoms with Crippen LogP contribution in [0.2, 0.25) is 0 Å². The predicted octanol–water partition coefficient (Wildman–Crippen LogP) is 7.92. The molecule has 0 saturated carbocycles. The van der Waals surface area contributed by atoms with Gasteiger partial charge in [-0.15, -0.1) is 0 Å². The van der Waals surface area contributed by atoms with Crippen molar-refractivity contribution in [3.05, 3.63) is 138 Å². The lowest BCUT2D eigenvalue weighted by atomic mass is 9.80. The molecule has 2 atom stereocenters. The molecule has 2 aliphatic carbocycles. The number of nitrogens with zero attached hydrogens (tertiary/aromatic N) is 2. The Morgan fingerprint density at radius 3 is 1.61 bits per heavy atom. The third-order valence-electron chi connectivity index (χ3n) is 9.73. The normalized spacial score (nSPS) is 16.1. The molecule has 1 aromatic heterocycles. The van der Waals surface area contributed by atoms with E-state index in [1.165, 1.54) is 15.8 Å². The Morgan fingerprint density at radius 2 is 1.20 bits per heavy atom. The highest BCUT2D eigenvalue weighted by molar-refractivity contribution is 7.91. The molecule has 0 amide bonds. The van der Waals surface area contributed by atoms with Crippen molar-refractivity contribution in [3.63, 3.8) is 0 Å². The predicted molar refractivity (Wildman–Crippen MR) is 216 cm³/mol. The Labute approximate surface area is 320 Å². The summed E-state index contributed by atoms with van der Waals surface area (Å²) in [7, 11) is -6.90. The van der Waals surface area contributed by atoms with Crippen LogP contribution in [0.1, 0.15) is 87.0 Å². The van der Waals surface area contributed by atoms with Crippen molar-refractivity contribution < 1.29 is 16.8 Å². The number of aryl methyl sites for hydroxylation is 2. The molecule has 10 nitrogen and oxygen atoms in total. The third kappa shape index (κ3) is 10.2. The van der Waals surface area contributed by atoms with Crippen molar-refractivity contribution in [2.75, 3.05) is 6.54 Å². The van der Waals surface area contributed by atoms with E-state index in [4.69, 9.17) is 22.3 Å². The number of hydrogen-bond donors (Lipinski definition) is 4. The van der Waals surface area contributed by atoms with Gasteiger partial charge in [-0.25, -0.2) is 21.5 Å². The smallest absolute Gasteiger partial charge is 0.206 e. The number of rotatable bonds is 8. The zero-order chi connectivity index (χ0) is 38.0. The Morgan fingerprint density at radius 1 is 0.722 bits per heavy atom. The molecule has 12 heteroatoms. The van der Waals surface area contributed by atoms with Gasteiger partial charge in [-0.05, 0) is 147 Å². The molecular formula is C42H52N6O4S2. The van der Waals surface area contributed by atoms with E-state index >= 15 is 0 Å². The SMILES string of the molecule is C.CC(=N)n1cccn1.N=C(N)CCC1CCCc2cc(S(=O)(=O)c3ccccc3)ccc21.NCC1CCCc2cc(S(=O)(=O)c3ccccc3)ccc21. The third-order valence-corrected chi connectivity index (χ3v) is 13.3. The number of amidine groups is 1. The second-order valence-electron chi connectivity index (χ2n) is 13.4. The lowest BCUT2D eigenvalue weighted by Crippen LogP contribution is -2.18. The molecule has 0 fully saturated rings. The number of nitrogens with one attached hydrogen (secondary N) is 2. The molecule has 7 rings (SSSR count). The van der Waals surface area contributed by atoms with E-state index in [0.29, 0.717) is 50.2 Å². The van der Waals surface area contributed by atoms with Crippen LogP contribution < -0.4 is 11.5 Å². The first-order chi connectivity index (χ1) is 25.4. The van der Waals surface area contributed by atoms with E-state index in [1.54, 1.807) is 86.0 Å². The van der Waals surface area contributed by atoms with Crippen molar-refractivity contribution in [3.8, 4) is 0 Å². The summed E-state index contributed by atoms with van der Waals surface area (Å²) in [5.41, 5.74) is 16.0. The van der Waals surface area contributed by atoms with Crippen LogP contribution in [0.4, 0.5) is 0 Å². The number of sulfone groups is 2. The van der Waals surface area contributed by atoms with Gasteiger partial charge in [0.05, 0.1) is 25.4 Å². The molecule has 2 unspecified atom stereocenters. The molecule has 0 spiro atoms. The fourth-order valence-electron chi connectivity index (χ4n) is 6.93. The quantitative estimate of drug-likeness (QED) is 0.0912. The second kappa shape index (κ2) is 18.9. The van der Waals surface area contributed by atoms with Crippen LogP contribution in [0, 0.1) is 10.8 Å². The van der Waals surface area contributed by atoms with Crippen molar-refractivity contribution in [1.82, 2.24) is 9.78 Å². The Balaban J connectivity index is 0.000000198. The maximum Gasteiger partial charge on any atom is 0.206 e. The Bertz CT molecular complexity index is 2230. The van der Waals surface area contributed by atoms with Crippen LogP contribution in [-0.4, -0.2) is 44.8 Å². The first kappa shape index (κ1) is 41.8. The summed E-state index contributed by atoms with van der Waals surface area (Å²) < 4.78 is 52.3. The van der Waals surface area contributed by atoms with Gasteiger partial charge in [-0.2, -0.15) is 5.10 Å². The zero-order valence-electron chi connectivity index (χ0n) is 30.0. The molecule has 4 aromatic carbocycles. The van der Waals surface area contributed by atoms with Crippen molar-refractivity contribution in [1.29, 1.82) is 10.8 Å². The number of hydrogen-bond acceptors (Lipinski definition) is 8. The van der Waals surface area contributed by atoms with Crippen LogP contribution in [0.3, 0.4) is 0 Å². The molecule has 2 aliphatic rings. The van der Waals surface area contributed by atoms with E-state index in [-0.39, 0.29) is 13.3 Å². The number of aromatic nitrogens is 2. The molecule has 0 bridgehead atoms. The minimum Gasteiger partial charge on any atom is -0.388 e. The standard InChI is InChI=1S/C19H22N2O2S.C17H19NO2S.C5H7N3.CH4/c20-19(21)12-9-14-5-4-6-15-13-17(10-11-18(14)15)24(22,23)16-7-2-1-3-8-16;18-12-14-6-4-5-13-11-16(9-10-17(13)14)21(19,20)15-7-2-1-3-8-15;1-5(6)8-4-2-3-7-8;/h1-3,7-8,10-11,13-14H,4-6,9,12H2,(H3,20,21);1-3,7-11,14H,4-6,12,18H2;2-4,6H,1H3;1H4. The van der Waals surface area contributed by atoms with Crippen molar-refractivity contribution in [2.45, 2.75) is 97.1 Å². The minimum absolute atomic E-state index is 0. The van der Waals surface area contributed by atoms with Crippen LogP contribution in [0.15, 0.2) is 135 Å². The summed E-state index contributed by atoms with van der Waals surface area (Å²) in [5.74, 6) is 1.38. The Hall–Kier alpha value is -4.91. The maximum absolute atomic E-state index is 12.8. The molecule has 5 aromatic rings. The lowest BCUT2D eigenvalue weighted by Gasteiger charge is -2.26. The summed E-state index contributed by atoms with van der Waals surface area (Å²) in [6, 6.07) is 29.9. The summed E-state index contributed by atoms with van der Waals surface area (Å²) in [6.07, 6.45) is 11.0. The molecule has 54 heavy (non-hydrogen) atoms. The molecule has 0 aliphatic heterocycles. The van der Waals surface area contributed by atoms with E-state index in [2.05, 4.69) is 5.10 Å². The van der Waals surface area contributed by atoms with Crippen LogP contribution in [-0.2, 0) is 32.5 Å². The van der Waals surface area contributed by atoms with Gasteiger partial charge >= 0.3 is 0 Å². The van der Waals surface area contributed by atoms with Gasteiger partial charge in [0.2, 0.25) is 19.7 Å². The van der Waals surface area contributed by atoms with Crippen molar-refractivity contribution >= 4 is 31.3 Å². The average Bonchev–Trinajstić information content (AvgIpc) is 3.74. The first-order valence-corrected chi connectivity index (χ1v) is 20.8. The lowest BCUT2D eigenvalue weighted by molar-refractivity contribution is 0.526. The highest BCUT2D eigenvalue weighted by Gasteiger charge is 2.25. The van der Waals surface area contributed by atoms with Gasteiger partial charge < -0.3 is 11.5 Å². The van der Waals surface area contributed by atoms with E-state index < -0.39 is 19.7 Å². The van der Waals surface area contributed by atoms with Gasteiger partial charge in [-0.1, -0.05) is 56.0 Å². The van der Waals surface area contributed by atoms with E-state index in [0.717, 1.165) is 56.1 Å². The second-order valence-corrected chi connectivity index (χ2v) is 17.3. The molecule has 286 valence electrons. The fourth-order valence-corrected chi connectivity index (χ4v) is 9.59. The van der Waals surface area contributed by atoms with Gasteiger partial charge in [-0.3, -0.25) is 10.8 Å². The highest BCUT2D eigenvalue weighted by Crippen LogP contribution is 2.37. The first-order valence-electron chi connectivity index (χ1n) is 17.9. The number of nitrogens with two attached hydrogens (primary N) is 2. The molecule has 0 radical (unpaired) electrons. The van der Waals surface area contributed by atoms with Gasteiger partial charge in [0, 0.05) is 18.8 Å². The highest BCUT2D eigenvalue weighted by atomic mass is 32.2. The fraction of sp³-hybridized carbons (Fsp3) is 0.310. The van der Waals surface area contributed by atoms with Gasteiger partial charge in [0.15, 0.2) is 0 Å². The monoisotopic (exact) mass is 768 g/mol. The van der Waals surface area contributed by atoms with Crippen LogP contribution in [0.25, 0.3) is 0 Å². The largest absolute Gasteiger partial charge is 0.388 e. The summed E-state index contributed by atoms with van der Waals surface area (Å²) in [4.78, 5) is 1.41. The topological polar surface area (TPSA) is 186 Å². The molecular weight excluding hydrogens is 717 g/mol. The minimum atomic E-state index is -3.47.